The lowest BCUT2D eigenvalue weighted by Crippen LogP contribution is -2.32. The van der Waals surface area contributed by atoms with E-state index in [1.165, 1.54) is 7.11 Å². The van der Waals surface area contributed by atoms with Gasteiger partial charge in [-0.05, 0) is 19.3 Å². The van der Waals surface area contributed by atoms with Crippen LogP contribution in [0.2, 0.25) is 0 Å². The first-order valence-electron chi connectivity index (χ1n) is 8.62. The number of carboxylic acids is 1. The zero-order valence-electron chi connectivity index (χ0n) is 14.8. The Labute approximate surface area is 136 Å². The first-order valence-corrected chi connectivity index (χ1v) is 11.0. The van der Waals surface area contributed by atoms with Crippen LogP contribution in [0.4, 0.5) is 0 Å². The summed E-state index contributed by atoms with van der Waals surface area (Å²) < 4.78 is 4.75. The number of aliphatic carboxylic acids is 1. The van der Waals surface area contributed by atoms with Crippen LogP contribution < -0.4 is 0 Å². The second kappa shape index (κ2) is 11.9. The van der Waals surface area contributed by atoms with Crippen molar-refractivity contribution in [2.24, 2.45) is 0 Å². The first kappa shape index (κ1) is 21.4. The lowest BCUT2D eigenvalue weighted by molar-refractivity contribution is -0.145. The lowest BCUT2D eigenvalue weighted by atomic mass is 10.3. The molecule has 0 aliphatic heterocycles. The molecule has 4 nitrogen and oxygen atoms in total. The van der Waals surface area contributed by atoms with Crippen molar-refractivity contribution in [2.75, 3.05) is 25.6 Å². The van der Waals surface area contributed by atoms with Crippen molar-refractivity contribution in [3.63, 3.8) is 0 Å². The number of methoxy groups -OCH3 is 1. The molecule has 130 valence electrons. The van der Waals surface area contributed by atoms with Gasteiger partial charge in [0.25, 0.3) is 0 Å². The Hall–Kier alpha value is -0.630. The first-order chi connectivity index (χ1) is 10.5. The van der Waals surface area contributed by atoms with Gasteiger partial charge in [0.1, 0.15) is 0 Å². The van der Waals surface area contributed by atoms with Gasteiger partial charge in [0, 0.05) is 7.26 Å². The number of rotatable bonds is 13. The van der Waals surface area contributed by atoms with Gasteiger partial charge in [-0.25, -0.2) is 4.79 Å². The van der Waals surface area contributed by atoms with Crippen LogP contribution in [0, 0.1) is 0 Å². The van der Waals surface area contributed by atoms with E-state index in [2.05, 4.69) is 20.8 Å². The number of unbranched alkanes of at least 4 members (excludes halogenated alkanes) is 3. The zero-order chi connectivity index (χ0) is 17.0. The minimum absolute atomic E-state index is 0.0384. The Morgan fingerprint density at radius 2 is 1.36 bits per heavy atom. The highest BCUT2D eigenvalue weighted by molar-refractivity contribution is 7.77. The van der Waals surface area contributed by atoms with Gasteiger partial charge in [0.15, 0.2) is 5.66 Å². The highest BCUT2D eigenvalue weighted by atomic mass is 31.2. The molecule has 22 heavy (non-hydrogen) atoms. The molecule has 0 aromatic carbocycles. The van der Waals surface area contributed by atoms with E-state index in [0.29, 0.717) is 0 Å². The second-order valence-corrected chi connectivity index (χ2v) is 10.5. The highest BCUT2D eigenvalue weighted by Gasteiger charge is 2.49. The Morgan fingerprint density at radius 1 is 0.955 bits per heavy atom. The second-order valence-electron chi connectivity index (χ2n) is 6.08. The molecule has 0 saturated carbocycles. The van der Waals surface area contributed by atoms with E-state index in [1.807, 2.05) is 0 Å². The third-order valence-corrected chi connectivity index (χ3v) is 9.75. The molecule has 1 atom stereocenters. The van der Waals surface area contributed by atoms with Crippen molar-refractivity contribution in [2.45, 2.75) is 71.4 Å². The van der Waals surface area contributed by atoms with E-state index in [0.717, 1.165) is 57.0 Å². The summed E-state index contributed by atoms with van der Waals surface area (Å²) in [4.78, 5) is 23.6. The van der Waals surface area contributed by atoms with Gasteiger partial charge in [-0.3, -0.25) is 4.79 Å². The molecule has 0 saturated heterocycles. The van der Waals surface area contributed by atoms with Crippen molar-refractivity contribution in [3.05, 3.63) is 0 Å². The molecule has 0 fully saturated rings. The minimum atomic E-state index is -1.68. The molecule has 0 radical (unpaired) electrons. The van der Waals surface area contributed by atoms with E-state index >= 15 is 0 Å². The smallest absolute Gasteiger partial charge is 0.345 e. The number of hydrogen-bond donors (Lipinski definition) is 1. The number of carbonyl (C=O) groups is 2. The average Bonchev–Trinajstić information content (AvgIpc) is 2.52. The SMILES string of the molecule is CCCC[P+](CCCC)(CCCC)C(CC(=O)OC)C(=O)O. The van der Waals surface area contributed by atoms with Gasteiger partial charge in [-0.15, -0.1) is 0 Å². The standard InChI is InChI=1S/C17H33O4P/c1-5-8-11-22(12-9-6-2,13-10-7-3)15(17(19)20)14-16(18)21-4/h15H,5-14H2,1-4H3/p+1. The summed E-state index contributed by atoms with van der Waals surface area (Å²) in [6.45, 7) is 6.43. The third-order valence-electron chi connectivity index (χ3n) is 4.40. The number of carboxylic acid groups (broad SMARTS) is 1. The van der Waals surface area contributed by atoms with E-state index < -0.39 is 18.9 Å². The lowest BCUT2D eigenvalue weighted by Gasteiger charge is -2.32. The topological polar surface area (TPSA) is 63.6 Å². The van der Waals surface area contributed by atoms with Crippen LogP contribution >= 0.6 is 7.26 Å². The average molecular weight is 333 g/mol. The Morgan fingerprint density at radius 3 is 1.64 bits per heavy atom. The zero-order valence-corrected chi connectivity index (χ0v) is 15.7. The van der Waals surface area contributed by atoms with Crippen LogP contribution in [-0.4, -0.2) is 48.3 Å². The third kappa shape index (κ3) is 7.09. The molecule has 1 unspecified atom stereocenters. The van der Waals surface area contributed by atoms with Crippen LogP contribution in [0.5, 0.6) is 0 Å². The van der Waals surface area contributed by atoms with Crippen LogP contribution in [0.1, 0.15) is 65.7 Å². The normalized spacial score (nSPS) is 12.9. The van der Waals surface area contributed by atoms with Crippen molar-refractivity contribution in [1.82, 2.24) is 0 Å². The molecule has 0 amide bonds. The molecule has 5 heteroatoms. The summed E-state index contributed by atoms with van der Waals surface area (Å²) in [5.41, 5.74) is -0.524. The van der Waals surface area contributed by atoms with Crippen LogP contribution in [0.25, 0.3) is 0 Å². The fraction of sp³-hybridized carbons (Fsp3) is 0.882. The fourth-order valence-electron chi connectivity index (χ4n) is 2.98. The summed E-state index contributed by atoms with van der Waals surface area (Å²) in [5.74, 6) is -1.19. The minimum Gasteiger partial charge on any atom is -0.478 e. The predicted molar refractivity (Wildman–Crippen MR) is 94.3 cm³/mol. The van der Waals surface area contributed by atoms with Gasteiger partial charge in [0.2, 0.25) is 0 Å². The molecule has 0 aromatic rings. The number of esters is 1. The van der Waals surface area contributed by atoms with E-state index in [-0.39, 0.29) is 12.4 Å². The number of ether oxygens (including phenoxy) is 1. The van der Waals surface area contributed by atoms with Crippen molar-refractivity contribution in [3.8, 4) is 0 Å². The van der Waals surface area contributed by atoms with Gasteiger partial charge in [-0.2, -0.15) is 0 Å². The van der Waals surface area contributed by atoms with Crippen molar-refractivity contribution < 1.29 is 19.4 Å². The summed E-state index contributed by atoms with van der Waals surface area (Å²) in [6.07, 6.45) is 9.44. The van der Waals surface area contributed by atoms with Gasteiger partial charge >= 0.3 is 11.9 Å². The highest BCUT2D eigenvalue weighted by Crippen LogP contribution is 2.65. The van der Waals surface area contributed by atoms with Crippen LogP contribution in [0.3, 0.4) is 0 Å². The summed E-state index contributed by atoms with van der Waals surface area (Å²) in [5, 5.41) is 9.77. The molecular formula is C17H34O4P+. The maximum atomic E-state index is 11.9. The molecule has 0 aliphatic carbocycles. The molecule has 0 rings (SSSR count). The van der Waals surface area contributed by atoms with Gasteiger partial charge in [-0.1, -0.05) is 40.0 Å². The maximum Gasteiger partial charge on any atom is 0.345 e. The van der Waals surface area contributed by atoms with E-state index in [4.69, 9.17) is 4.74 Å². The molecule has 0 aromatic heterocycles. The Balaban J connectivity index is 5.44. The Bertz CT molecular complexity index is 309. The van der Waals surface area contributed by atoms with Gasteiger partial charge in [0.05, 0.1) is 32.0 Å². The summed E-state index contributed by atoms with van der Waals surface area (Å²) >= 11 is 0. The largest absolute Gasteiger partial charge is 0.478 e. The van der Waals surface area contributed by atoms with Crippen molar-refractivity contribution >= 4 is 19.2 Å². The Kier molecular flexibility index (Phi) is 11.5. The fourth-order valence-corrected chi connectivity index (χ4v) is 8.43. The maximum absolute atomic E-state index is 11.9. The van der Waals surface area contributed by atoms with E-state index in [9.17, 15) is 14.7 Å². The van der Waals surface area contributed by atoms with Crippen LogP contribution in [-0.2, 0) is 14.3 Å². The van der Waals surface area contributed by atoms with Gasteiger partial charge < -0.3 is 9.84 Å². The van der Waals surface area contributed by atoms with Crippen LogP contribution in [0.15, 0.2) is 0 Å². The molecule has 0 bridgehead atoms. The molecule has 1 N–H and O–H groups in total. The molecule has 0 aliphatic rings. The monoisotopic (exact) mass is 333 g/mol. The summed E-state index contributed by atoms with van der Waals surface area (Å²) in [6, 6.07) is 0. The summed E-state index contributed by atoms with van der Waals surface area (Å²) in [7, 11) is -0.341. The number of hydrogen-bond acceptors (Lipinski definition) is 3. The molecule has 0 spiro atoms. The molecular weight excluding hydrogens is 299 g/mol. The quantitative estimate of drug-likeness (QED) is 0.400. The number of carbonyl (C=O) groups excluding carboxylic acids is 1. The van der Waals surface area contributed by atoms with E-state index in [1.54, 1.807) is 0 Å². The van der Waals surface area contributed by atoms with Crippen molar-refractivity contribution in [1.29, 1.82) is 0 Å². The predicted octanol–water partition coefficient (Wildman–Crippen LogP) is 4.42. The molecule has 0 heterocycles.